The highest BCUT2D eigenvalue weighted by atomic mass is 79.9. The van der Waals surface area contributed by atoms with E-state index < -0.39 is 0 Å². The fraction of sp³-hybridized carbons (Fsp3) is 0.143. The molecule has 2 aromatic carbocycles. The molecule has 1 N–H and O–H groups in total. The van der Waals surface area contributed by atoms with Crippen LogP contribution in [0.3, 0.4) is 0 Å². The van der Waals surface area contributed by atoms with Gasteiger partial charge in [0.05, 0.1) is 16.1 Å². The van der Waals surface area contributed by atoms with Crippen LogP contribution in [-0.2, 0) is 0 Å². The first-order chi connectivity index (χ1) is 9.02. The summed E-state index contributed by atoms with van der Waals surface area (Å²) in [5, 5.41) is 4.42. The monoisotopic (exact) mass is 421 g/mol. The first-order valence-corrected chi connectivity index (χ1v) is 7.94. The number of halogens is 4. The lowest BCUT2D eigenvalue weighted by atomic mass is 9.99. The summed E-state index contributed by atoms with van der Waals surface area (Å²) in [6, 6.07) is 11.8. The average molecular weight is 424 g/mol. The Balaban J connectivity index is 2.49. The zero-order chi connectivity index (χ0) is 14.0. The maximum Gasteiger partial charge on any atom is 0.0595 e. The summed E-state index contributed by atoms with van der Waals surface area (Å²) in [5.74, 6) is 0. The van der Waals surface area contributed by atoms with Crippen LogP contribution in [0.5, 0.6) is 0 Å². The molecule has 0 amide bonds. The molecular formula is C14H11Br2Cl2N. The Bertz CT molecular complexity index is 602. The van der Waals surface area contributed by atoms with Crippen molar-refractivity contribution in [2.24, 2.45) is 0 Å². The van der Waals surface area contributed by atoms with Crippen molar-refractivity contribution >= 4 is 55.1 Å². The molecule has 1 nitrogen and oxygen atoms in total. The van der Waals surface area contributed by atoms with E-state index in [1.54, 1.807) is 0 Å². The summed E-state index contributed by atoms with van der Waals surface area (Å²) in [5.41, 5.74) is 2.20. The minimum absolute atomic E-state index is 0.0432. The van der Waals surface area contributed by atoms with Gasteiger partial charge in [-0.05, 0) is 48.5 Å². The summed E-state index contributed by atoms with van der Waals surface area (Å²) in [7, 11) is 1.92. The van der Waals surface area contributed by atoms with Crippen molar-refractivity contribution in [2.45, 2.75) is 6.04 Å². The van der Waals surface area contributed by atoms with Gasteiger partial charge in [0.2, 0.25) is 0 Å². The fourth-order valence-electron chi connectivity index (χ4n) is 1.93. The van der Waals surface area contributed by atoms with Gasteiger partial charge < -0.3 is 5.32 Å². The van der Waals surface area contributed by atoms with Crippen molar-refractivity contribution in [3.05, 3.63) is 66.5 Å². The normalized spacial score (nSPS) is 12.5. The van der Waals surface area contributed by atoms with Gasteiger partial charge in [0.1, 0.15) is 0 Å². The molecule has 1 unspecified atom stereocenters. The number of nitrogens with one attached hydrogen (secondary N) is 1. The standard InChI is InChI=1S/C14H11Br2Cl2N/c1-19-14(8-2-5-12(17)13(18)6-8)10-7-9(15)3-4-11(10)16/h2-7,14,19H,1H3. The largest absolute Gasteiger partial charge is 0.309 e. The number of rotatable bonds is 3. The van der Waals surface area contributed by atoms with E-state index in [0.29, 0.717) is 10.0 Å². The predicted octanol–water partition coefficient (Wildman–Crippen LogP) is 5.83. The Morgan fingerprint density at radius 2 is 1.74 bits per heavy atom. The maximum absolute atomic E-state index is 6.09. The highest BCUT2D eigenvalue weighted by Crippen LogP contribution is 2.33. The summed E-state index contributed by atoms with van der Waals surface area (Å²) in [6.45, 7) is 0. The van der Waals surface area contributed by atoms with E-state index >= 15 is 0 Å². The molecule has 0 aliphatic rings. The van der Waals surface area contributed by atoms with E-state index in [2.05, 4.69) is 43.2 Å². The lowest BCUT2D eigenvalue weighted by Crippen LogP contribution is -2.18. The van der Waals surface area contributed by atoms with Crippen molar-refractivity contribution in [3.8, 4) is 0 Å². The molecule has 5 heteroatoms. The Hall–Kier alpha value is -0.0600. The van der Waals surface area contributed by atoms with Gasteiger partial charge in [-0.2, -0.15) is 0 Å². The molecule has 0 radical (unpaired) electrons. The van der Waals surface area contributed by atoms with Crippen LogP contribution >= 0.6 is 55.1 Å². The highest BCUT2D eigenvalue weighted by Gasteiger charge is 2.16. The molecule has 2 aromatic rings. The summed E-state index contributed by atoms with van der Waals surface area (Å²) in [4.78, 5) is 0. The third-order valence-corrected chi connectivity index (χ3v) is 4.79. The van der Waals surface area contributed by atoms with Crippen LogP contribution in [-0.4, -0.2) is 7.05 Å². The molecule has 0 spiro atoms. The molecule has 0 fully saturated rings. The van der Waals surface area contributed by atoms with Gasteiger partial charge >= 0.3 is 0 Å². The van der Waals surface area contributed by atoms with Crippen LogP contribution in [0, 0.1) is 0 Å². The molecule has 0 bridgehead atoms. The minimum Gasteiger partial charge on any atom is -0.309 e. The minimum atomic E-state index is 0.0432. The zero-order valence-corrected chi connectivity index (χ0v) is 14.7. The maximum atomic E-state index is 6.09. The van der Waals surface area contributed by atoms with Crippen LogP contribution in [0.2, 0.25) is 10.0 Å². The quantitative estimate of drug-likeness (QED) is 0.655. The smallest absolute Gasteiger partial charge is 0.0595 e. The van der Waals surface area contributed by atoms with Crippen LogP contribution in [0.1, 0.15) is 17.2 Å². The van der Waals surface area contributed by atoms with E-state index in [1.807, 2.05) is 37.4 Å². The number of hydrogen-bond donors (Lipinski definition) is 1. The molecule has 100 valence electrons. The Morgan fingerprint density at radius 1 is 1.00 bits per heavy atom. The summed E-state index contributed by atoms with van der Waals surface area (Å²) >= 11 is 19.1. The topological polar surface area (TPSA) is 12.0 Å². The molecule has 0 saturated carbocycles. The second-order valence-electron chi connectivity index (χ2n) is 4.06. The van der Waals surface area contributed by atoms with E-state index in [4.69, 9.17) is 23.2 Å². The van der Waals surface area contributed by atoms with Crippen LogP contribution in [0.4, 0.5) is 0 Å². The fourth-order valence-corrected chi connectivity index (χ4v) is 3.09. The molecule has 19 heavy (non-hydrogen) atoms. The van der Waals surface area contributed by atoms with E-state index in [9.17, 15) is 0 Å². The Morgan fingerprint density at radius 3 is 2.37 bits per heavy atom. The molecule has 0 aromatic heterocycles. The second-order valence-corrected chi connectivity index (χ2v) is 6.65. The van der Waals surface area contributed by atoms with Crippen molar-refractivity contribution in [2.75, 3.05) is 7.05 Å². The molecule has 1 atom stereocenters. The molecule has 0 saturated heterocycles. The Kier molecular flexibility index (Phi) is 5.32. The highest BCUT2D eigenvalue weighted by molar-refractivity contribution is 9.11. The van der Waals surface area contributed by atoms with Gasteiger partial charge in [-0.15, -0.1) is 0 Å². The third-order valence-electron chi connectivity index (χ3n) is 2.83. The first-order valence-electron chi connectivity index (χ1n) is 5.60. The molecule has 0 heterocycles. The average Bonchev–Trinajstić information content (AvgIpc) is 2.38. The molecule has 2 rings (SSSR count). The van der Waals surface area contributed by atoms with Crippen molar-refractivity contribution in [1.29, 1.82) is 0 Å². The van der Waals surface area contributed by atoms with Crippen molar-refractivity contribution in [3.63, 3.8) is 0 Å². The van der Waals surface area contributed by atoms with Crippen molar-refractivity contribution < 1.29 is 0 Å². The van der Waals surface area contributed by atoms with E-state index in [0.717, 1.165) is 20.1 Å². The Labute approximate surface area is 139 Å². The van der Waals surface area contributed by atoms with Crippen molar-refractivity contribution in [1.82, 2.24) is 5.32 Å². The second kappa shape index (κ2) is 6.59. The zero-order valence-electron chi connectivity index (χ0n) is 10.1. The van der Waals surface area contributed by atoms with E-state index in [1.165, 1.54) is 0 Å². The van der Waals surface area contributed by atoms with Crippen LogP contribution < -0.4 is 5.32 Å². The summed E-state index contributed by atoms with van der Waals surface area (Å²) < 4.78 is 2.08. The van der Waals surface area contributed by atoms with E-state index in [-0.39, 0.29) is 6.04 Å². The van der Waals surface area contributed by atoms with Gasteiger partial charge in [0.25, 0.3) is 0 Å². The van der Waals surface area contributed by atoms with Gasteiger partial charge in [-0.25, -0.2) is 0 Å². The number of benzene rings is 2. The number of hydrogen-bond acceptors (Lipinski definition) is 1. The van der Waals surface area contributed by atoms with Gasteiger partial charge in [0.15, 0.2) is 0 Å². The van der Waals surface area contributed by atoms with Crippen LogP contribution in [0.15, 0.2) is 45.3 Å². The van der Waals surface area contributed by atoms with Gasteiger partial charge in [0, 0.05) is 8.95 Å². The lowest BCUT2D eigenvalue weighted by Gasteiger charge is -2.19. The first kappa shape index (κ1) is 15.3. The van der Waals surface area contributed by atoms with Crippen LogP contribution in [0.25, 0.3) is 0 Å². The predicted molar refractivity (Wildman–Crippen MR) is 89.2 cm³/mol. The van der Waals surface area contributed by atoms with Gasteiger partial charge in [-0.3, -0.25) is 0 Å². The van der Waals surface area contributed by atoms with Gasteiger partial charge in [-0.1, -0.05) is 61.1 Å². The SMILES string of the molecule is CNC(c1ccc(Cl)c(Cl)c1)c1cc(Br)ccc1Br. The summed E-state index contributed by atoms with van der Waals surface area (Å²) in [6.07, 6.45) is 0. The molecule has 0 aliphatic heterocycles. The lowest BCUT2D eigenvalue weighted by molar-refractivity contribution is 0.688. The molecular weight excluding hydrogens is 413 g/mol. The third kappa shape index (κ3) is 3.53. The molecule has 0 aliphatic carbocycles.